The van der Waals surface area contributed by atoms with Gasteiger partial charge in [0.05, 0.1) is 24.2 Å². The van der Waals surface area contributed by atoms with Crippen LogP contribution in [0.4, 0.5) is 9.93 Å². The first-order valence-corrected chi connectivity index (χ1v) is 17.4. The molecule has 1 aromatic carbocycles. The smallest absolute Gasteiger partial charge is 0.413 e. The molecule has 2 fully saturated rings. The van der Waals surface area contributed by atoms with Crippen LogP contribution in [-0.2, 0) is 43.0 Å². The zero-order valence-corrected chi connectivity index (χ0v) is 28.4. The number of anilines is 1. The molecule has 2 aliphatic rings. The Labute approximate surface area is 276 Å². The molecule has 15 nitrogen and oxygen atoms in total. The van der Waals surface area contributed by atoms with Crippen molar-refractivity contribution in [1.29, 1.82) is 0 Å². The fourth-order valence-corrected chi connectivity index (χ4v) is 5.94. The number of carbonyl (C=O) groups excluding carboxylic acids is 4. The molecule has 3 N–H and O–H groups in total. The highest BCUT2D eigenvalue weighted by molar-refractivity contribution is 7.86. The van der Waals surface area contributed by atoms with E-state index in [0.29, 0.717) is 25.7 Å². The number of ether oxygens (including phenoxy) is 2. The van der Waals surface area contributed by atoms with Crippen LogP contribution in [0, 0.1) is 6.92 Å². The predicted molar refractivity (Wildman–Crippen MR) is 170 cm³/mol. The van der Waals surface area contributed by atoms with Crippen molar-refractivity contribution in [1.82, 2.24) is 15.6 Å². The normalized spacial score (nSPS) is 19.0. The Morgan fingerprint density at radius 1 is 1.17 bits per heavy atom. The number of β-lactam (4-membered cyclic amide) rings is 1. The number of aryl methyl sites for hydroxylation is 1. The SMILES string of the molecule is CCCCOC(=O)C1(O/N=C(\C(=O)N[C@@H]2C(=O)N[C@@H]2COS(=O)(=O)c2ccc(C)cc2)c2csc(NC(=O)OC(C)(C)C)n2)CCC1. The molecule has 1 saturated carbocycles. The van der Waals surface area contributed by atoms with E-state index in [0.717, 1.165) is 23.3 Å². The monoisotopic (exact) mass is 693 g/mol. The van der Waals surface area contributed by atoms with Crippen LogP contribution in [-0.4, -0.2) is 79.5 Å². The third-order valence-electron chi connectivity index (χ3n) is 7.16. The summed E-state index contributed by atoms with van der Waals surface area (Å²) >= 11 is 0.975. The average molecular weight is 694 g/mol. The Hall–Kier alpha value is -4.09. The lowest BCUT2D eigenvalue weighted by molar-refractivity contribution is -0.185. The Bertz CT molecular complexity index is 1610. The third kappa shape index (κ3) is 9.26. The van der Waals surface area contributed by atoms with Crippen LogP contribution in [0.25, 0.3) is 0 Å². The van der Waals surface area contributed by atoms with Gasteiger partial charge in [0.2, 0.25) is 11.5 Å². The van der Waals surface area contributed by atoms with E-state index in [9.17, 15) is 27.6 Å². The summed E-state index contributed by atoms with van der Waals surface area (Å²) < 4.78 is 41.1. The molecule has 47 heavy (non-hydrogen) atoms. The van der Waals surface area contributed by atoms with Crippen LogP contribution in [0.15, 0.2) is 39.7 Å². The molecule has 2 aromatic rings. The largest absolute Gasteiger partial charge is 0.463 e. The van der Waals surface area contributed by atoms with E-state index in [1.165, 1.54) is 17.5 Å². The minimum absolute atomic E-state index is 0.0261. The number of amides is 3. The second-order valence-electron chi connectivity index (χ2n) is 12.2. The Morgan fingerprint density at radius 3 is 2.47 bits per heavy atom. The van der Waals surface area contributed by atoms with Crippen molar-refractivity contribution in [2.45, 2.75) is 94.9 Å². The zero-order chi connectivity index (χ0) is 34.4. The molecule has 1 aromatic heterocycles. The lowest BCUT2D eigenvalue weighted by Gasteiger charge is -2.37. The molecule has 2 heterocycles. The molecule has 17 heteroatoms. The van der Waals surface area contributed by atoms with Gasteiger partial charge in [0.15, 0.2) is 10.8 Å². The van der Waals surface area contributed by atoms with E-state index in [4.69, 9.17) is 18.5 Å². The van der Waals surface area contributed by atoms with Crippen LogP contribution >= 0.6 is 11.3 Å². The van der Waals surface area contributed by atoms with E-state index in [1.807, 2.05) is 13.8 Å². The highest BCUT2D eigenvalue weighted by Crippen LogP contribution is 2.37. The summed E-state index contributed by atoms with van der Waals surface area (Å²) in [6.45, 7) is 8.62. The summed E-state index contributed by atoms with van der Waals surface area (Å²) in [5, 5.41) is 13.1. The van der Waals surface area contributed by atoms with E-state index >= 15 is 0 Å². The number of nitrogens with one attached hydrogen (secondary N) is 3. The van der Waals surface area contributed by atoms with Gasteiger partial charge in [0.1, 0.15) is 17.3 Å². The predicted octanol–water partition coefficient (Wildman–Crippen LogP) is 3.17. The number of nitrogens with zero attached hydrogens (tertiary/aromatic N) is 2. The number of carbonyl (C=O) groups is 4. The molecule has 1 saturated heterocycles. The van der Waals surface area contributed by atoms with Crippen molar-refractivity contribution >= 4 is 56.2 Å². The Kier molecular flexibility index (Phi) is 11.2. The maximum atomic E-state index is 13.6. The first-order valence-electron chi connectivity index (χ1n) is 15.1. The Morgan fingerprint density at radius 2 is 1.87 bits per heavy atom. The summed E-state index contributed by atoms with van der Waals surface area (Å²) in [6, 6.07) is 3.98. The van der Waals surface area contributed by atoms with Crippen molar-refractivity contribution in [3.05, 3.63) is 40.9 Å². The molecular formula is C30H39N5O10S2. The van der Waals surface area contributed by atoms with Crippen molar-refractivity contribution in [3.63, 3.8) is 0 Å². The number of benzene rings is 1. The number of thiazole rings is 1. The van der Waals surface area contributed by atoms with Crippen LogP contribution in [0.2, 0.25) is 0 Å². The fourth-order valence-electron chi connectivity index (χ4n) is 4.33. The van der Waals surface area contributed by atoms with Gasteiger partial charge in [-0.1, -0.05) is 36.2 Å². The maximum absolute atomic E-state index is 13.6. The molecule has 2 atom stereocenters. The summed E-state index contributed by atoms with van der Waals surface area (Å²) in [5.41, 5.74) is -1.71. The number of aromatic nitrogens is 1. The van der Waals surface area contributed by atoms with Gasteiger partial charge in [0, 0.05) is 18.2 Å². The van der Waals surface area contributed by atoms with Crippen molar-refractivity contribution in [2.75, 3.05) is 18.5 Å². The quantitative estimate of drug-likeness (QED) is 0.0655. The van der Waals surface area contributed by atoms with E-state index in [1.54, 1.807) is 32.9 Å². The van der Waals surface area contributed by atoms with Crippen molar-refractivity contribution < 1.29 is 46.1 Å². The molecule has 256 valence electrons. The number of esters is 1. The first-order chi connectivity index (χ1) is 22.1. The highest BCUT2D eigenvalue weighted by Gasteiger charge is 2.50. The minimum Gasteiger partial charge on any atom is -0.463 e. The van der Waals surface area contributed by atoms with Crippen LogP contribution in [0.1, 0.15) is 71.1 Å². The second-order valence-corrected chi connectivity index (χ2v) is 14.6. The third-order valence-corrected chi connectivity index (χ3v) is 9.21. The lowest BCUT2D eigenvalue weighted by atomic mass is 9.80. The molecule has 0 unspecified atom stereocenters. The van der Waals surface area contributed by atoms with Gasteiger partial charge in [0.25, 0.3) is 16.0 Å². The zero-order valence-electron chi connectivity index (χ0n) is 26.8. The topological polar surface area (TPSA) is 201 Å². The first kappa shape index (κ1) is 35.8. The molecule has 0 spiro atoms. The van der Waals surface area contributed by atoms with Crippen LogP contribution < -0.4 is 16.0 Å². The number of unbranched alkanes of at least 4 members (excludes halogenated alkanes) is 1. The van der Waals surface area contributed by atoms with Crippen molar-refractivity contribution in [3.8, 4) is 0 Å². The second kappa shape index (κ2) is 14.8. The number of rotatable bonds is 14. The molecular weight excluding hydrogens is 654 g/mol. The van der Waals surface area contributed by atoms with E-state index < -0.39 is 69.6 Å². The number of hydrogen-bond acceptors (Lipinski definition) is 13. The van der Waals surface area contributed by atoms with Gasteiger partial charge in [-0.05, 0) is 52.7 Å². The lowest BCUT2D eigenvalue weighted by Crippen LogP contribution is -2.71. The summed E-state index contributed by atoms with van der Waals surface area (Å²) in [6.07, 6.45) is 2.04. The highest BCUT2D eigenvalue weighted by atomic mass is 32.2. The molecule has 4 rings (SSSR count). The maximum Gasteiger partial charge on any atom is 0.413 e. The van der Waals surface area contributed by atoms with Gasteiger partial charge in [-0.25, -0.2) is 14.6 Å². The average Bonchev–Trinajstić information content (AvgIpc) is 3.42. The molecule has 1 aliphatic heterocycles. The molecule has 0 radical (unpaired) electrons. The molecule has 0 bridgehead atoms. The van der Waals surface area contributed by atoms with Gasteiger partial charge in [-0.15, -0.1) is 11.3 Å². The van der Waals surface area contributed by atoms with Crippen LogP contribution in [0.3, 0.4) is 0 Å². The van der Waals surface area contributed by atoms with Gasteiger partial charge in [-0.3, -0.25) is 19.1 Å². The number of hydrogen-bond donors (Lipinski definition) is 3. The summed E-state index contributed by atoms with van der Waals surface area (Å²) in [7, 11) is -4.14. The fraction of sp³-hybridized carbons (Fsp3) is 0.533. The van der Waals surface area contributed by atoms with Gasteiger partial charge in [-0.2, -0.15) is 8.42 Å². The summed E-state index contributed by atoms with van der Waals surface area (Å²) in [5.74, 6) is -2.09. The van der Waals surface area contributed by atoms with Gasteiger partial charge >= 0.3 is 12.1 Å². The van der Waals surface area contributed by atoms with Crippen LogP contribution in [0.5, 0.6) is 0 Å². The van der Waals surface area contributed by atoms with E-state index in [2.05, 4.69) is 26.1 Å². The number of oxime groups is 1. The van der Waals surface area contributed by atoms with Gasteiger partial charge < -0.3 is 24.9 Å². The molecule has 1 aliphatic carbocycles. The van der Waals surface area contributed by atoms with E-state index in [-0.39, 0.29) is 22.3 Å². The Balaban J connectivity index is 1.51. The van der Waals surface area contributed by atoms with Crippen molar-refractivity contribution in [2.24, 2.45) is 5.16 Å². The molecule has 3 amide bonds. The standard InChI is InChI=1S/C30H39N5O10S2/c1-6-7-15-42-26(38)30(13-8-14-30)45-35-23(21-17-46-27(32-21)34-28(39)44-29(3,4)5)25(37)33-22-20(31-24(22)36)16-43-47(40,41)19-11-9-18(2)10-12-19/h9-12,17,20,22H,6-8,13-16H2,1-5H3,(H,31,36)(H,33,37)(H,32,34,39)/b35-23-/t20-,22+/m1/s1. The summed E-state index contributed by atoms with van der Waals surface area (Å²) in [4.78, 5) is 61.1. The minimum atomic E-state index is -4.14.